The molecule has 0 N–H and O–H groups in total. The number of furan rings is 4. The van der Waals surface area contributed by atoms with E-state index < -0.39 is 0 Å². The van der Waals surface area contributed by atoms with E-state index in [0.29, 0.717) is 0 Å². The molecule has 0 unspecified atom stereocenters. The standard InChI is InChI=1S/C46H24O4/c1-4-8-39-31(5-1)33-15-18-42-45(46(33)50-39)37-22-29(14-17-41(37)47-42)27-12-10-25-9-11-26(19-30(25)20-27)28-13-16-40-34(21-28)36-23-35-32-6-2-3-7-38(32)48-43(35)24-44(36)49-40/h1-24H. The van der Waals surface area contributed by atoms with Crippen molar-refractivity contribution in [3.05, 3.63) is 146 Å². The van der Waals surface area contributed by atoms with Crippen LogP contribution in [0.15, 0.2) is 163 Å². The Balaban J connectivity index is 0.984. The lowest BCUT2D eigenvalue weighted by Crippen LogP contribution is -1.82. The van der Waals surface area contributed by atoms with E-state index in [1.807, 2.05) is 30.3 Å². The highest BCUT2D eigenvalue weighted by atomic mass is 16.4. The summed E-state index contributed by atoms with van der Waals surface area (Å²) < 4.78 is 25.1. The first kappa shape index (κ1) is 26.2. The first-order chi connectivity index (χ1) is 24.7. The van der Waals surface area contributed by atoms with Crippen LogP contribution in [0.1, 0.15) is 0 Å². The Labute approximate surface area is 283 Å². The minimum Gasteiger partial charge on any atom is -0.456 e. The smallest absolute Gasteiger partial charge is 0.147 e. The van der Waals surface area contributed by atoms with Crippen LogP contribution in [-0.4, -0.2) is 0 Å². The van der Waals surface area contributed by atoms with Gasteiger partial charge in [-0.2, -0.15) is 0 Å². The molecule has 12 aromatic rings. The maximum absolute atomic E-state index is 6.40. The van der Waals surface area contributed by atoms with Crippen molar-refractivity contribution in [3.63, 3.8) is 0 Å². The molecule has 4 aromatic heterocycles. The van der Waals surface area contributed by atoms with Gasteiger partial charge in [-0.15, -0.1) is 0 Å². The average Bonchev–Trinajstić information content (AvgIpc) is 3.92. The predicted octanol–water partition coefficient (Wildman–Crippen LogP) is 13.8. The Kier molecular flexibility index (Phi) is 4.94. The molecule has 0 atom stereocenters. The van der Waals surface area contributed by atoms with Gasteiger partial charge in [0.1, 0.15) is 44.7 Å². The molecule has 0 aliphatic rings. The highest BCUT2D eigenvalue weighted by molar-refractivity contribution is 6.22. The van der Waals surface area contributed by atoms with Crippen molar-refractivity contribution in [1.29, 1.82) is 0 Å². The Morgan fingerprint density at radius 1 is 0.260 bits per heavy atom. The molecule has 0 aliphatic carbocycles. The van der Waals surface area contributed by atoms with E-state index in [4.69, 9.17) is 17.7 Å². The van der Waals surface area contributed by atoms with Crippen molar-refractivity contribution in [2.45, 2.75) is 0 Å². The maximum Gasteiger partial charge on any atom is 0.147 e. The van der Waals surface area contributed by atoms with Crippen LogP contribution in [0.2, 0.25) is 0 Å². The van der Waals surface area contributed by atoms with Crippen LogP contribution in [0.25, 0.3) is 121 Å². The summed E-state index contributed by atoms with van der Waals surface area (Å²) in [5.41, 5.74) is 11.4. The fraction of sp³-hybridized carbons (Fsp3) is 0. The van der Waals surface area contributed by atoms with E-state index in [0.717, 1.165) is 110 Å². The molecule has 0 saturated heterocycles. The summed E-state index contributed by atoms with van der Waals surface area (Å²) in [5, 5.41) is 11.1. The summed E-state index contributed by atoms with van der Waals surface area (Å²) in [4.78, 5) is 0. The van der Waals surface area contributed by atoms with E-state index in [1.54, 1.807) is 0 Å². The molecule has 8 aromatic carbocycles. The molecular weight excluding hydrogens is 617 g/mol. The van der Waals surface area contributed by atoms with Crippen molar-refractivity contribution in [2.75, 3.05) is 0 Å². The van der Waals surface area contributed by atoms with Gasteiger partial charge in [0.2, 0.25) is 0 Å². The van der Waals surface area contributed by atoms with Crippen molar-refractivity contribution in [1.82, 2.24) is 0 Å². The van der Waals surface area contributed by atoms with Crippen LogP contribution >= 0.6 is 0 Å². The van der Waals surface area contributed by atoms with Crippen molar-refractivity contribution < 1.29 is 17.7 Å². The number of hydrogen-bond acceptors (Lipinski definition) is 4. The molecule has 0 bridgehead atoms. The van der Waals surface area contributed by atoms with Crippen LogP contribution in [0.3, 0.4) is 0 Å². The maximum atomic E-state index is 6.40. The molecule has 12 rings (SSSR count). The number of benzene rings is 8. The quantitative estimate of drug-likeness (QED) is 0.189. The van der Waals surface area contributed by atoms with Crippen LogP contribution < -0.4 is 0 Å². The van der Waals surface area contributed by atoms with Gasteiger partial charge >= 0.3 is 0 Å². The topological polar surface area (TPSA) is 52.6 Å². The number of rotatable bonds is 2. The largest absolute Gasteiger partial charge is 0.456 e. The summed E-state index contributed by atoms with van der Waals surface area (Å²) in [6.45, 7) is 0. The van der Waals surface area contributed by atoms with Gasteiger partial charge in [-0.05, 0) is 99.8 Å². The molecule has 4 heteroatoms. The second-order valence-corrected chi connectivity index (χ2v) is 13.3. The Morgan fingerprint density at radius 3 is 1.50 bits per heavy atom. The molecular formula is C46H24O4. The third-order valence-electron chi connectivity index (χ3n) is 10.5. The van der Waals surface area contributed by atoms with Crippen molar-refractivity contribution in [2.24, 2.45) is 0 Å². The molecule has 0 spiro atoms. The normalized spacial score (nSPS) is 12.4. The second-order valence-electron chi connectivity index (χ2n) is 13.3. The molecule has 0 radical (unpaired) electrons. The van der Waals surface area contributed by atoms with Gasteiger partial charge in [0, 0.05) is 43.8 Å². The number of para-hydroxylation sites is 2. The summed E-state index contributed by atoms with van der Waals surface area (Å²) in [6, 6.07) is 51.1. The van der Waals surface area contributed by atoms with E-state index >= 15 is 0 Å². The lowest BCUT2D eigenvalue weighted by molar-refractivity contribution is 0.656. The van der Waals surface area contributed by atoms with E-state index in [9.17, 15) is 0 Å². The Morgan fingerprint density at radius 2 is 0.760 bits per heavy atom. The lowest BCUT2D eigenvalue weighted by atomic mass is 9.96. The third kappa shape index (κ3) is 3.59. The summed E-state index contributed by atoms with van der Waals surface area (Å²) in [5.74, 6) is 0. The number of fused-ring (bicyclic) bond motifs is 14. The first-order valence-electron chi connectivity index (χ1n) is 16.8. The van der Waals surface area contributed by atoms with Crippen LogP contribution in [-0.2, 0) is 0 Å². The molecule has 232 valence electrons. The first-order valence-corrected chi connectivity index (χ1v) is 16.8. The van der Waals surface area contributed by atoms with Crippen molar-refractivity contribution >= 4 is 98.5 Å². The predicted molar refractivity (Wildman–Crippen MR) is 204 cm³/mol. The van der Waals surface area contributed by atoms with Gasteiger partial charge in [-0.25, -0.2) is 0 Å². The van der Waals surface area contributed by atoms with Gasteiger partial charge in [0.15, 0.2) is 0 Å². The molecule has 0 amide bonds. The van der Waals surface area contributed by atoms with Crippen LogP contribution in [0.5, 0.6) is 0 Å². The molecule has 0 saturated carbocycles. The van der Waals surface area contributed by atoms with Gasteiger partial charge < -0.3 is 17.7 Å². The van der Waals surface area contributed by atoms with E-state index in [1.165, 1.54) is 10.8 Å². The summed E-state index contributed by atoms with van der Waals surface area (Å²) in [6.07, 6.45) is 0. The molecule has 0 aliphatic heterocycles. The zero-order valence-corrected chi connectivity index (χ0v) is 26.5. The minimum absolute atomic E-state index is 0.829. The van der Waals surface area contributed by atoms with Gasteiger partial charge in [0.25, 0.3) is 0 Å². The van der Waals surface area contributed by atoms with Crippen molar-refractivity contribution in [3.8, 4) is 22.3 Å². The SMILES string of the molecule is c1ccc2c(c1)oc1cc3oc4ccc(-c5ccc6ccc(-c7ccc8oc9ccc%10c%11ccccc%11oc%10c9c8c7)cc6c5)cc4c3cc12. The third-order valence-corrected chi connectivity index (χ3v) is 10.5. The Bertz CT molecular complexity index is 3380. The number of hydrogen-bond donors (Lipinski definition) is 0. The van der Waals surface area contributed by atoms with Gasteiger partial charge in [-0.1, -0.05) is 72.8 Å². The molecule has 0 fully saturated rings. The molecule has 4 nitrogen and oxygen atoms in total. The van der Waals surface area contributed by atoms with Crippen LogP contribution in [0, 0.1) is 0 Å². The summed E-state index contributed by atoms with van der Waals surface area (Å²) >= 11 is 0. The van der Waals surface area contributed by atoms with Crippen LogP contribution in [0.4, 0.5) is 0 Å². The fourth-order valence-electron chi connectivity index (χ4n) is 8.00. The highest BCUT2D eigenvalue weighted by Gasteiger charge is 2.17. The van der Waals surface area contributed by atoms with Gasteiger partial charge in [0.05, 0.1) is 5.39 Å². The second kappa shape index (κ2) is 9.43. The molecule has 4 heterocycles. The zero-order valence-electron chi connectivity index (χ0n) is 26.5. The van der Waals surface area contributed by atoms with E-state index in [-0.39, 0.29) is 0 Å². The zero-order chi connectivity index (χ0) is 32.5. The van der Waals surface area contributed by atoms with Gasteiger partial charge in [-0.3, -0.25) is 0 Å². The minimum atomic E-state index is 0.829. The highest BCUT2D eigenvalue weighted by Crippen LogP contribution is 2.42. The summed E-state index contributed by atoms with van der Waals surface area (Å²) in [7, 11) is 0. The van der Waals surface area contributed by atoms with E-state index in [2.05, 4.69) is 115 Å². The Hall–Kier alpha value is -6.78. The average molecular weight is 641 g/mol. The lowest BCUT2D eigenvalue weighted by Gasteiger charge is -2.08. The fourth-order valence-corrected chi connectivity index (χ4v) is 8.00. The molecule has 50 heavy (non-hydrogen) atoms. The monoisotopic (exact) mass is 640 g/mol.